The third kappa shape index (κ3) is 5.17. The maximum atomic E-state index is 16.2. The second-order valence-electron chi connectivity index (χ2n) is 9.05. The highest BCUT2D eigenvalue weighted by Gasteiger charge is 2.28. The summed E-state index contributed by atoms with van der Waals surface area (Å²) in [7, 11) is 0. The monoisotopic (exact) mass is 561 g/mol. The van der Waals surface area contributed by atoms with Crippen molar-refractivity contribution in [3.8, 4) is 28.6 Å². The van der Waals surface area contributed by atoms with Gasteiger partial charge in [-0.05, 0) is 32.8 Å². The van der Waals surface area contributed by atoms with Crippen LogP contribution in [0.25, 0.3) is 17.1 Å². The molecule has 13 heteroatoms. The lowest BCUT2D eigenvalue weighted by Crippen LogP contribution is -2.27. The van der Waals surface area contributed by atoms with Crippen LogP contribution in [-0.2, 0) is 18.6 Å². The molecule has 0 radical (unpaired) electrons. The molecule has 9 nitrogen and oxygen atoms in total. The van der Waals surface area contributed by atoms with Crippen LogP contribution >= 0.6 is 11.6 Å². The zero-order chi connectivity index (χ0) is 29.7. The molecule has 1 N–H and O–H groups in total. The molecule has 1 aliphatic rings. The molecule has 4 aromatic rings. The van der Waals surface area contributed by atoms with Crippen LogP contribution in [-0.4, -0.2) is 36.2 Å². The number of fused-ring (bicyclic) bond motifs is 3. The minimum absolute atomic E-state index is 0.0166. The van der Waals surface area contributed by atoms with Crippen molar-refractivity contribution in [2.45, 2.75) is 38.8 Å². The number of pyridine rings is 3. The Kier molecular flexibility index (Phi) is 6.33. The van der Waals surface area contributed by atoms with Crippen LogP contribution < -0.4 is 15.0 Å². The number of nitrogens with zero attached hydrogens (tertiary/aromatic N) is 5. The highest BCUT2D eigenvalue weighted by molar-refractivity contribution is 6.31. The molecule has 0 aromatic carbocycles. The quantitative estimate of drug-likeness (QED) is 0.384. The van der Waals surface area contributed by atoms with Crippen LogP contribution in [0.15, 0.2) is 41.6 Å². The van der Waals surface area contributed by atoms with E-state index in [2.05, 4.69) is 19.9 Å². The fraction of sp³-hybridized carbons (Fsp3) is 0.269. The minimum Gasteiger partial charge on any atom is -0.490 e. The maximum Gasteiger partial charge on any atom is 0.278 e. The van der Waals surface area contributed by atoms with Crippen LogP contribution in [0.4, 0.5) is 13.2 Å². The van der Waals surface area contributed by atoms with Crippen LogP contribution in [0, 0.1) is 17.5 Å². The number of hydrogen-bond donors (Lipinski definition) is 1. The molecule has 0 unspecified atom stereocenters. The first kappa shape index (κ1) is 24.0. The van der Waals surface area contributed by atoms with Crippen molar-refractivity contribution in [2.75, 3.05) is 6.61 Å². The molecule has 202 valence electrons. The first-order chi connectivity index (χ1) is 19.3. The van der Waals surface area contributed by atoms with Crippen LogP contribution in [0.3, 0.4) is 0 Å². The van der Waals surface area contributed by atoms with Crippen molar-refractivity contribution in [1.82, 2.24) is 24.5 Å². The molecule has 5 rings (SSSR count). The molecule has 5 heterocycles. The molecule has 0 amide bonds. The van der Waals surface area contributed by atoms with Gasteiger partial charge in [0.2, 0.25) is 0 Å². The van der Waals surface area contributed by atoms with Gasteiger partial charge in [-0.25, -0.2) is 28.1 Å². The zero-order valence-electron chi connectivity index (χ0n) is 22.5. The van der Waals surface area contributed by atoms with Crippen molar-refractivity contribution < 1.29 is 30.5 Å². The normalized spacial score (nSPS) is 14.2. The largest absolute Gasteiger partial charge is 0.490 e. The van der Waals surface area contributed by atoms with E-state index in [1.165, 1.54) is 38.4 Å². The molecule has 0 atom stereocenters. The molecule has 0 fully saturated rings. The van der Waals surface area contributed by atoms with Crippen LogP contribution in [0.1, 0.15) is 40.2 Å². The average molecular weight is 562 g/mol. The van der Waals surface area contributed by atoms with Gasteiger partial charge in [0.25, 0.3) is 5.56 Å². The molecule has 0 saturated carbocycles. The van der Waals surface area contributed by atoms with Gasteiger partial charge in [0.15, 0.2) is 23.2 Å². The summed E-state index contributed by atoms with van der Waals surface area (Å²) in [6, 6.07) is 3.05. The summed E-state index contributed by atoms with van der Waals surface area (Å²) in [5, 5.41) is 9.65. The Morgan fingerprint density at radius 3 is 2.77 bits per heavy atom. The SMILES string of the molecule is [2H]C([2H])(Oc1cc2n(c(=O)c1Cl)-c1c(cnc(-c3ccnc(C(C)(C)O)n3)c1F)OCCC2)c1ncc(F)cc1F. The van der Waals surface area contributed by atoms with Gasteiger partial charge in [-0.15, -0.1) is 0 Å². The van der Waals surface area contributed by atoms with Crippen LogP contribution in [0.5, 0.6) is 11.5 Å². The van der Waals surface area contributed by atoms with Crippen molar-refractivity contribution in [1.29, 1.82) is 0 Å². The van der Waals surface area contributed by atoms with Gasteiger partial charge in [0.05, 0.1) is 27.4 Å². The van der Waals surface area contributed by atoms with E-state index in [9.17, 15) is 18.7 Å². The molecular formula is C26H21ClF3N5O4. The van der Waals surface area contributed by atoms with E-state index in [0.717, 1.165) is 4.57 Å². The Hall–Kier alpha value is -4.03. The third-order valence-electron chi connectivity index (χ3n) is 5.72. The number of halogens is 4. The summed E-state index contributed by atoms with van der Waals surface area (Å²) in [5.74, 6) is -3.81. The van der Waals surface area contributed by atoms with E-state index in [1.807, 2.05) is 0 Å². The molecule has 0 bridgehead atoms. The number of rotatable bonds is 5. The average Bonchev–Trinajstić information content (AvgIpc) is 2.88. The summed E-state index contributed by atoms with van der Waals surface area (Å²) in [6.07, 6.45) is 3.69. The predicted octanol–water partition coefficient (Wildman–Crippen LogP) is 4.29. The van der Waals surface area contributed by atoms with Gasteiger partial charge in [-0.3, -0.25) is 14.3 Å². The summed E-state index contributed by atoms with van der Waals surface area (Å²) in [5.41, 5.74) is -3.64. The lowest BCUT2D eigenvalue weighted by Gasteiger charge is -2.23. The summed E-state index contributed by atoms with van der Waals surface area (Å²) in [6.45, 7) is 0.0978. The Morgan fingerprint density at radius 2 is 2.03 bits per heavy atom. The molecule has 4 aromatic heterocycles. The fourth-order valence-electron chi connectivity index (χ4n) is 3.88. The Balaban J connectivity index is 1.65. The summed E-state index contributed by atoms with van der Waals surface area (Å²) in [4.78, 5) is 29.4. The second kappa shape index (κ2) is 10.3. The Morgan fingerprint density at radius 1 is 1.23 bits per heavy atom. The van der Waals surface area contributed by atoms with Gasteiger partial charge in [-0.2, -0.15) is 0 Å². The zero-order valence-corrected chi connectivity index (χ0v) is 21.3. The second-order valence-corrected chi connectivity index (χ2v) is 9.43. The fourth-order valence-corrected chi connectivity index (χ4v) is 4.06. The standard InChI is InChI=1S/C26H21ClF3N5O4/c1-26(2,37)25-31-6-5-16(34-25)22-21(30)23-19(11-33-22)38-7-3-4-14-9-18(20(27)24(36)35(14)23)39-12-17-15(29)8-13(28)10-32-17/h5-6,8-11,37H,3-4,7,12H2,1-2H3/i12D2. The highest BCUT2D eigenvalue weighted by Crippen LogP contribution is 2.35. The van der Waals surface area contributed by atoms with E-state index in [0.29, 0.717) is 18.7 Å². The smallest absolute Gasteiger partial charge is 0.278 e. The lowest BCUT2D eigenvalue weighted by molar-refractivity contribution is 0.0688. The summed E-state index contributed by atoms with van der Waals surface area (Å²) >= 11 is 6.30. The lowest BCUT2D eigenvalue weighted by atomic mass is 10.1. The third-order valence-corrected chi connectivity index (χ3v) is 6.07. The number of ether oxygens (including phenoxy) is 2. The van der Waals surface area contributed by atoms with E-state index < -0.39 is 51.6 Å². The molecule has 0 saturated heterocycles. The van der Waals surface area contributed by atoms with E-state index >= 15 is 4.39 Å². The van der Waals surface area contributed by atoms with Crippen LogP contribution in [0.2, 0.25) is 5.02 Å². The van der Waals surface area contributed by atoms with Crippen molar-refractivity contribution in [3.05, 3.63) is 86.8 Å². The summed E-state index contributed by atoms with van der Waals surface area (Å²) < 4.78 is 72.1. The first-order valence-electron chi connectivity index (χ1n) is 12.6. The number of hydrogen-bond acceptors (Lipinski definition) is 8. The number of aryl methyl sites for hydroxylation is 1. The number of aliphatic hydroxyl groups is 1. The van der Waals surface area contributed by atoms with E-state index in [4.69, 9.17) is 23.8 Å². The van der Waals surface area contributed by atoms with Gasteiger partial charge in [0, 0.05) is 24.0 Å². The molecule has 39 heavy (non-hydrogen) atoms. The van der Waals surface area contributed by atoms with Crippen molar-refractivity contribution in [2.24, 2.45) is 0 Å². The molecular weight excluding hydrogens is 539 g/mol. The molecule has 0 aliphatic carbocycles. The number of aromatic nitrogens is 5. The van der Waals surface area contributed by atoms with Gasteiger partial charge in [-0.1, -0.05) is 11.6 Å². The van der Waals surface area contributed by atoms with Gasteiger partial charge < -0.3 is 14.6 Å². The topological polar surface area (TPSA) is 112 Å². The van der Waals surface area contributed by atoms with Crippen molar-refractivity contribution in [3.63, 3.8) is 0 Å². The molecule has 0 spiro atoms. The van der Waals surface area contributed by atoms with Crippen molar-refractivity contribution >= 4 is 11.6 Å². The maximum absolute atomic E-state index is 16.2. The highest BCUT2D eigenvalue weighted by atomic mass is 35.5. The van der Waals surface area contributed by atoms with E-state index in [1.54, 1.807) is 0 Å². The Labute approximate surface area is 227 Å². The minimum atomic E-state index is -2.96. The Bertz CT molecular complexity index is 1730. The molecule has 1 aliphatic heterocycles. The first-order valence-corrected chi connectivity index (χ1v) is 12.0. The van der Waals surface area contributed by atoms with Gasteiger partial charge in [0.1, 0.15) is 45.8 Å². The van der Waals surface area contributed by atoms with E-state index in [-0.39, 0.29) is 47.4 Å². The van der Waals surface area contributed by atoms with Gasteiger partial charge >= 0.3 is 0 Å². The predicted molar refractivity (Wildman–Crippen MR) is 133 cm³/mol.